The van der Waals surface area contributed by atoms with Gasteiger partial charge in [-0.25, -0.2) is 4.98 Å². The fourth-order valence-electron chi connectivity index (χ4n) is 2.37. The van der Waals surface area contributed by atoms with E-state index in [1.807, 2.05) is 24.4 Å². The third-order valence-electron chi connectivity index (χ3n) is 3.70. The third kappa shape index (κ3) is 6.12. The molecule has 0 aliphatic heterocycles. The van der Waals surface area contributed by atoms with Crippen LogP contribution in [0.5, 0.6) is 0 Å². The van der Waals surface area contributed by atoms with Gasteiger partial charge in [-0.05, 0) is 42.8 Å². The highest BCUT2D eigenvalue weighted by Crippen LogP contribution is 2.20. The van der Waals surface area contributed by atoms with Gasteiger partial charge in [0.05, 0.1) is 24.0 Å². The van der Waals surface area contributed by atoms with E-state index < -0.39 is 6.04 Å². The number of anilines is 1. The summed E-state index contributed by atoms with van der Waals surface area (Å²) in [6.07, 6.45) is 3.42. The number of halogens is 1. The zero-order valence-corrected chi connectivity index (χ0v) is 17.4. The van der Waals surface area contributed by atoms with E-state index >= 15 is 0 Å². The molecule has 3 rings (SSSR count). The zero-order chi connectivity index (χ0) is 19.9. The maximum atomic E-state index is 12.7. The van der Waals surface area contributed by atoms with Gasteiger partial charge in [0.2, 0.25) is 11.8 Å². The van der Waals surface area contributed by atoms with Crippen LogP contribution in [-0.4, -0.2) is 28.6 Å². The van der Waals surface area contributed by atoms with Gasteiger partial charge >= 0.3 is 0 Å². The minimum absolute atomic E-state index is 0.188. The number of aromatic nitrogens is 1. The largest absolute Gasteiger partial charge is 0.472 e. The molecule has 1 atom stereocenters. The minimum atomic E-state index is -0.736. The van der Waals surface area contributed by atoms with Gasteiger partial charge in [-0.1, -0.05) is 11.6 Å². The second-order valence-electron chi connectivity index (χ2n) is 5.98. The Hall–Kier alpha value is -2.29. The Balaban J connectivity index is 1.61. The minimum Gasteiger partial charge on any atom is -0.472 e. The average Bonchev–Trinajstić information content (AvgIpc) is 3.32. The second-order valence-corrected chi connectivity index (χ2v) is 8.33. The van der Waals surface area contributed by atoms with E-state index in [9.17, 15) is 9.59 Å². The van der Waals surface area contributed by atoms with Crippen LogP contribution in [0.25, 0.3) is 0 Å². The van der Waals surface area contributed by atoms with Gasteiger partial charge in [-0.3, -0.25) is 9.59 Å². The van der Waals surface area contributed by atoms with Crippen molar-refractivity contribution in [1.29, 1.82) is 0 Å². The summed E-state index contributed by atoms with van der Waals surface area (Å²) in [6.45, 7) is 1.85. The summed E-state index contributed by atoms with van der Waals surface area (Å²) < 4.78 is 5.07. The van der Waals surface area contributed by atoms with Crippen LogP contribution >= 0.6 is 34.7 Å². The lowest BCUT2D eigenvalue weighted by atomic mass is 10.1. The molecule has 1 aromatic carbocycles. The van der Waals surface area contributed by atoms with Crippen molar-refractivity contribution in [3.05, 3.63) is 64.5 Å². The first-order valence-electron chi connectivity index (χ1n) is 8.41. The molecular formula is C19H18ClN3O3S2. The fourth-order valence-corrected chi connectivity index (χ4v) is 3.90. The van der Waals surface area contributed by atoms with Gasteiger partial charge in [0, 0.05) is 21.7 Å². The number of amides is 2. The molecule has 0 aliphatic rings. The van der Waals surface area contributed by atoms with E-state index in [0.717, 1.165) is 16.2 Å². The van der Waals surface area contributed by atoms with Gasteiger partial charge in [-0.2, -0.15) is 0 Å². The van der Waals surface area contributed by atoms with E-state index in [0.29, 0.717) is 16.6 Å². The molecule has 0 saturated heterocycles. The number of carbonyl (C=O) groups excluding carboxylic acids is 2. The van der Waals surface area contributed by atoms with Crippen LogP contribution < -0.4 is 10.6 Å². The Morgan fingerprint density at radius 3 is 2.71 bits per heavy atom. The average molecular weight is 436 g/mol. The van der Waals surface area contributed by atoms with Crippen LogP contribution in [0, 0.1) is 6.92 Å². The van der Waals surface area contributed by atoms with E-state index in [2.05, 4.69) is 15.6 Å². The Kier molecular flexibility index (Phi) is 7.13. The van der Waals surface area contributed by atoms with Gasteiger partial charge in [0.25, 0.3) is 0 Å². The molecule has 1 unspecified atom stereocenters. The van der Waals surface area contributed by atoms with Crippen molar-refractivity contribution in [3.63, 3.8) is 0 Å². The number of thiazole rings is 1. The molecule has 0 spiro atoms. The number of nitrogens with zero attached hydrogens (tertiary/aromatic N) is 1. The summed E-state index contributed by atoms with van der Waals surface area (Å²) in [6, 6.07) is 8.27. The number of rotatable bonds is 8. The number of nitrogens with one attached hydrogen (secondary N) is 2. The number of furan rings is 1. The molecule has 28 heavy (non-hydrogen) atoms. The van der Waals surface area contributed by atoms with E-state index in [1.54, 1.807) is 24.5 Å². The van der Waals surface area contributed by atoms with Gasteiger partial charge in [0.1, 0.15) is 6.04 Å². The molecule has 0 bridgehead atoms. The second kappa shape index (κ2) is 9.77. The summed E-state index contributed by atoms with van der Waals surface area (Å²) in [4.78, 5) is 30.3. The molecule has 6 nitrogen and oxygen atoms in total. The molecule has 0 radical (unpaired) electrons. The molecule has 0 saturated carbocycles. The standard InChI is InChI=1S/C19H18ClN3O3S2/c1-12-10-28-19(21-12)23-18(25)16(8-13-6-7-26-9-13)22-17(24)11-27-15-4-2-14(20)3-5-15/h2-7,9-10,16H,8,11H2,1H3,(H,22,24)(H,21,23,25). The summed E-state index contributed by atoms with van der Waals surface area (Å²) in [5.41, 5.74) is 1.65. The van der Waals surface area contributed by atoms with E-state index in [4.69, 9.17) is 16.0 Å². The first-order chi connectivity index (χ1) is 13.5. The molecule has 0 fully saturated rings. The van der Waals surface area contributed by atoms with Crippen LogP contribution in [0.2, 0.25) is 5.02 Å². The molecule has 2 heterocycles. The third-order valence-corrected chi connectivity index (χ3v) is 5.84. The summed E-state index contributed by atoms with van der Waals surface area (Å²) >= 11 is 8.59. The predicted molar refractivity (Wildman–Crippen MR) is 112 cm³/mol. The van der Waals surface area contributed by atoms with E-state index in [1.165, 1.54) is 29.4 Å². The Morgan fingerprint density at radius 1 is 1.29 bits per heavy atom. The molecule has 2 N–H and O–H groups in total. The Labute approximate surface area is 175 Å². The number of aryl methyl sites for hydroxylation is 1. The Morgan fingerprint density at radius 2 is 2.07 bits per heavy atom. The van der Waals surface area contributed by atoms with E-state index in [-0.39, 0.29) is 17.6 Å². The van der Waals surface area contributed by atoms with Crippen molar-refractivity contribution < 1.29 is 14.0 Å². The quantitative estimate of drug-likeness (QED) is 0.519. The normalized spacial score (nSPS) is 11.8. The predicted octanol–water partition coefficient (Wildman–Crippen LogP) is 4.16. The lowest BCUT2D eigenvalue weighted by Gasteiger charge is -2.17. The smallest absolute Gasteiger partial charge is 0.249 e. The number of thioether (sulfide) groups is 1. The van der Waals surface area contributed by atoms with Gasteiger partial charge in [-0.15, -0.1) is 23.1 Å². The summed E-state index contributed by atoms with van der Waals surface area (Å²) in [5, 5.41) is 8.56. The topological polar surface area (TPSA) is 84.2 Å². The van der Waals surface area contributed by atoms with Crippen molar-refractivity contribution in [2.75, 3.05) is 11.1 Å². The Bertz CT molecular complexity index is 926. The summed E-state index contributed by atoms with van der Waals surface area (Å²) in [7, 11) is 0. The zero-order valence-electron chi connectivity index (χ0n) is 15.0. The van der Waals surface area contributed by atoms with Crippen LogP contribution in [0.1, 0.15) is 11.3 Å². The molecule has 3 aromatic rings. The molecule has 0 aliphatic carbocycles. The maximum absolute atomic E-state index is 12.7. The van der Waals surface area contributed by atoms with Crippen LogP contribution in [0.4, 0.5) is 5.13 Å². The fraction of sp³-hybridized carbons (Fsp3) is 0.211. The SMILES string of the molecule is Cc1csc(NC(=O)C(Cc2ccoc2)NC(=O)CSc2ccc(Cl)cc2)n1. The molecular weight excluding hydrogens is 418 g/mol. The number of hydrogen-bond acceptors (Lipinski definition) is 6. The first kappa shape index (κ1) is 20.4. The van der Waals surface area contributed by atoms with Crippen LogP contribution in [0.3, 0.4) is 0 Å². The highest BCUT2D eigenvalue weighted by molar-refractivity contribution is 8.00. The number of carbonyl (C=O) groups is 2. The van der Waals surface area contributed by atoms with Gasteiger partial charge in [0.15, 0.2) is 5.13 Å². The lowest BCUT2D eigenvalue weighted by Crippen LogP contribution is -2.45. The van der Waals surface area contributed by atoms with Crippen LogP contribution in [0.15, 0.2) is 57.6 Å². The number of benzene rings is 1. The molecule has 2 aromatic heterocycles. The molecule has 9 heteroatoms. The van der Waals surface area contributed by atoms with Crippen molar-refractivity contribution in [2.24, 2.45) is 0 Å². The van der Waals surface area contributed by atoms with Crippen molar-refractivity contribution in [3.8, 4) is 0 Å². The highest BCUT2D eigenvalue weighted by Gasteiger charge is 2.22. The molecule has 146 valence electrons. The highest BCUT2D eigenvalue weighted by atomic mass is 35.5. The van der Waals surface area contributed by atoms with Gasteiger partial charge < -0.3 is 15.1 Å². The first-order valence-corrected chi connectivity index (χ1v) is 10.7. The summed E-state index contributed by atoms with van der Waals surface area (Å²) in [5.74, 6) is -0.369. The monoisotopic (exact) mass is 435 g/mol. The number of hydrogen-bond donors (Lipinski definition) is 2. The van der Waals surface area contributed by atoms with Crippen molar-refractivity contribution >= 4 is 51.6 Å². The molecule has 2 amide bonds. The van der Waals surface area contributed by atoms with Crippen LogP contribution in [-0.2, 0) is 16.0 Å². The maximum Gasteiger partial charge on any atom is 0.249 e. The lowest BCUT2D eigenvalue weighted by molar-refractivity contribution is -0.124. The van der Waals surface area contributed by atoms with Crippen molar-refractivity contribution in [1.82, 2.24) is 10.3 Å². The van der Waals surface area contributed by atoms with Crippen molar-refractivity contribution in [2.45, 2.75) is 24.3 Å².